The first-order valence-electron chi connectivity index (χ1n) is 4.81. The summed E-state index contributed by atoms with van der Waals surface area (Å²) in [6, 6.07) is 0. The standard InChI is InChI=1S/C10H22O5/c1-11-6-8(13-3)10(15-5)9(14-4)7-12-2/h8-10H,6-7H2,1-5H3/t8-,9+,10?. The Balaban J connectivity index is 4.37. The second-order valence-electron chi connectivity index (χ2n) is 3.16. The Bertz CT molecular complexity index is 128. The highest BCUT2D eigenvalue weighted by atomic mass is 16.6. The predicted molar refractivity (Wildman–Crippen MR) is 56.1 cm³/mol. The highest BCUT2D eigenvalue weighted by molar-refractivity contribution is 4.78. The van der Waals surface area contributed by atoms with Gasteiger partial charge in [0.25, 0.3) is 0 Å². The molecule has 0 aliphatic carbocycles. The number of ether oxygens (including phenoxy) is 5. The quantitative estimate of drug-likeness (QED) is 0.562. The van der Waals surface area contributed by atoms with Crippen LogP contribution in [-0.4, -0.2) is 67.1 Å². The van der Waals surface area contributed by atoms with Gasteiger partial charge in [-0.05, 0) is 0 Å². The van der Waals surface area contributed by atoms with Gasteiger partial charge in [-0.25, -0.2) is 0 Å². The van der Waals surface area contributed by atoms with E-state index in [0.29, 0.717) is 13.2 Å². The smallest absolute Gasteiger partial charge is 0.114 e. The second kappa shape index (κ2) is 9.06. The van der Waals surface area contributed by atoms with Crippen molar-refractivity contribution in [1.29, 1.82) is 0 Å². The Kier molecular flexibility index (Phi) is 8.94. The maximum Gasteiger partial charge on any atom is 0.114 e. The highest BCUT2D eigenvalue weighted by Crippen LogP contribution is 2.11. The lowest BCUT2D eigenvalue weighted by Crippen LogP contribution is -2.45. The van der Waals surface area contributed by atoms with Gasteiger partial charge in [-0.15, -0.1) is 0 Å². The van der Waals surface area contributed by atoms with E-state index in [-0.39, 0.29) is 18.3 Å². The van der Waals surface area contributed by atoms with Gasteiger partial charge >= 0.3 is 0 Å². The fourth-order valence-electron chi connectivity index (χ4n) is 1.47. The zero-order valence-corrected chi connectivity index (χ0v) is 10.2. The van der Waals surface area contributed by atoms with Gasteiger partial charge in [0.05, 0.1) is 13.2 Å². The molecule has 0 fully saturated rings. The SMILES string of the molecule is COC[C@H](OC)C(OC)[C@@H](COC)OC. The molecule has 1 unspecified atom stereocenters. The molecule has 92 valence electrons. The van der Waals surface area contributed by atoms with Crippen molar-refractivity contribution >= 4 is 0 Å². The summed E-state index contributed by atoms with van der Waals surface area (Å²) >= 11 is 0. The van der Waals surface area contributed by atoms with Crippen LogP contribution in [0.4, 0.5) is 0 Å². The minimum atomic E-state index is -0.208. The van der Waals surface area contributed by atoms with E-state index in [1.54, 1.807) is 35.5 Å². The van der Waals surface area contributed by atoms with Crippen LogP contribution in [0.15, 0.2) is 0 Å². The van der Waals surface area contributed by atoms with E-state index >= 15 is 0 Å². The lowest BCUT2D eigenvalue weighted by atomic mass is 10.1. The molecule has 0 saturated heterocycles. The summed E-state index contributed by atoms with van der Waals surface area (Å²) in [5.74, 6) is 0. The van der Waals surface area contributed by atoms with Crippen LogP contribution in [-0.2, 0) is 23.7 Å². The minimum Gasteiger partial charge on any atom is -0.382 e. The van der Waals surface area contributed by atoms with E-state index in [1.165, 1.54) is 0 Å². The molecule has 0 amide bonds. The van der Waals surface area contributed by atoms with Crippen LogP contribution in [0, 0.1) is 0 Å². The molecule has 0 aromatic carbocycles. The third kappa shape index (κ3) is 4.90. The van der Waals surface area contributed by atoms with Gasteiger partial charge in [-0.3, -0.25) is 0 Å². The Hall–Kier alpha value is -0.200. The Labute approximate surface area is 91.6 Å². The summed E-state index contributed by atoms with van der Waals surface area (Å²) < 4.78 is 26.0. The summed E-state index contributed by atoms with van der Waals surface area (Å²) in [7, 11) is 8.10. The molecule has 5 nitrogen and oxygen atoms in total. The topological polar surface area (TPSA) is 46.2 Å². The number of hydrogen-bond donors (Lipinski definition) is 0. The molecule has 0 spiro atoms. The lowest BCUT2D eigenvalue weighted by Gasteiger charge is -2.30. The fourth-order valence-corrected chi connectivity index (χ4v) is 1.47. The molecule has 0 aromatic heterocycles. The van der Waals surface area contributed by atoms with Crippen LogP contribution < -0.4 is 0 Å². The first-order chi connectivity index (χ1) is 7.24. The fraction of sp³-hybridized carbons (Fsp3) is 1.00. The predicted octanol–water partition coefficient (Wildman–Crippen LogP) is 0.324. The number of rotatable bonds is 9. The maximum absolute atomic E-state index is 5.35. The van der Waals surface area contributed by atoms with E-state index in [4.69, 9.17) is 23.7 Å². The molecular formula is C10H22O5. The summed E-state index contributed by atoms with van der Waals surface area (Å²) in [6.07, 6.45) is -0.542. The Morgan fingerprint density at radius 2 is 1.07 bits per heavy atom. The van der Waals surface area contributed by atoms with E-state index in [0.717, 1.165) is 0 Å². The van der Waals surface area contributed by atoms with Crippen molar-refractivity contribution in [1.82, 2.24) is 0 Å². The molecule has 0 aliphatic rings. The molecule has 0 rings (SSSR count). The molecule has 0 N–H and O–H groups in total. The van der Waals surface area contributed by atoms with Gasteiger partial charge in [0.1, 0.15) is 18.3 Å². The van der Waals surface area contributed by atoms with Crippen LogP contribution in [0.3, 0.4) is 0 Å². The van der Waals surface area contributed by atoms with Gasteiger partial charge in [0.15, 0.2) is 0 Å². The third-order valence-corrected chi connectivity index (χ3v) is 2.27. The summed E-state index contributed by atoms with van der Waals surface area (Å²) in [4.78, 5) is 0. The van der Waals surface area contributed by atoms with Crippen molar-refractivity contribution in [3.8, 4) is 0 Å². The van der Waals surface area contributed by atoms with Crippen molar-refractivity contribution in [2.45, 2.75) is 18.3 Å². The Morgan fingerprint density at radius 3 is 1.27 bits per heavy atom. The van der Waals surface area contributed by atoms with Crippen LogP contribution in [0.2, 0.25) is 0 Å². The van der Waals surface area contributed by atoms with Crippen molar-refractivity contribution in [2.24, 2.45) is 0 Å². The van der Waals surface area contributed by atoms with Crippen molar-refractivity contribution in [3.05, 3.63) is 0 Å². The first-order valence-corrected chi connectivity index (χ1v) is 4.81. The van der Waals surface area contributed by atoms with Crippen LogP contribution in [0.1, 0.15) is 0 Å². The third-order valence-electron chi connectivity index (χ3n) is 2.27. The van der Waals surface area contributed by atoms with Crippen molar-refractivity contribution in [3.63, 3.8) is 0 Å². The zero-order valence-electron chi connectivity index (χ0n) is 10.2. The van der Waals surface area contributed by atoms with E-state index in [2.05, 4.69) is 0 Å². The van der Waals surface area contributed by atoms with Crippen LogP contribution >= 0.6 is 0 Å². The summed E-state index contributed by atoms with van der Waals surface area (Å²) in [5, 5.41) is 0. The largest absolute Gasteiger partial charge is 0.382 e. The first kappa shape index (κ1) is 14.8. The molecule has 0 aliphatic heterocycles. The van der Waals surface area contributed by atoms with Gasteiger partial charge in [0.2, 0.25) is 0 Å². The maximum atomic E-state index is 5.35. The van der Waals surface area contributed by atoms with E-state index in [9.17, 15) is 0 Å². The van der Waals surface area contributed by atoms with Crippen molar-refractivity contribution in [2.75, 3.05) is 48.8 Å². The molecule has 5 heteroatoms. The molecule has 0 saturated carbocycles. The molecule has 15 heavy (non-hydrogen) atoms. The van der Waals surface area contributed by atoms with Crippen molar-refractivity contribution < 1.29 is 23.7 Å². The number of hydrogen-bond acceptors (Lipinski definition) is 5. The second-order valence-corrected chi connectivity index (χ2v) is 3.16. The van der Waals surface area contributed by atoms with Gasteiger partial charge < -0.3 is 23.7 Å². The molecule has 0 bridgehead atoms. The zero-order chi connectivity index (χ0) is 11.7. The monoisotopic (exact) mass is 222 g/mol. The molecule has 0 radical (unpaired) electrons. The van der Waals surface area contributed by atoms with Gasteiger partial charge in [-0.2, -0.15) is 0 Å². The summed E-state index contributed by atoms with van der Waals surface area (Å²) in [6.45, 7) is 0.914. The Morgan fingerprint density at radius 1 is 0.667 bits per heavy atom. The van der Waals surface area contributed by atoms with Gasteiger partial charge in [0, 0.05) is 35.5 Å². The van der Waals surface area contributed by atoms with Crippen LogP contribution in [0.25, 0.3) is 0 Å². The average molecular weight is 222 g/mol. The molecule has 0 heterocycles. The average Bonchev–Trinajstić information content (AvgIpc) is 2.27. The molecular weight excluding hydrogens is 200 g/mol. The van der Waals surface area contributed by atoms with E-state index in [1.807, 2.05) is 0 Å². The minimum absolute atomic E-state index is 0.167. The summed E-state index contributed by atoms with van der Waals surface area (Å²) in [5.41, 5.74) is 0. The molecule has 0 aromatic rings. The lowest BCUT2D eigenvalue weighted by molar-refractivity contribution is -0.137. The molecule has 3 atom stereocenters. The van der Waals surface area contributed by atoms with Gasteiger partial charge in [-0.1, -0.05) is 0 Å². The highest BCUT2D eigenvalue weighted by Gasteiger charge is 2.29. The number of methoxy groups -OCH3 is 5. The van der Waals surface area contributed by atoms with E-state index < -0.39 is 0 Å². The van der Waals surface area contributed by atoms with Crippen LogP contribution in [0.5, 0.6) is 0 Å². The normalized spacial score (nSPS) is 17.4.